The van der Waals surface area contributed by atoms with Crippen LogP contribution in [0, 0.1) is 40.4 Å². The summed E-state index contributed by atoms with van der Waals surface area (Å²) in [6.07, 6.45) is 7.98. The second-order valence-corrected chi connectivity index (χ2v) is 10.4. The van der Waals surface area contributed by atoms with E-state index < -0.39 is 0 Å². The van der Waals surface area contributed by atoms with Gasteiger partial charge in [0.2, 0.25) is 0 Å². The molecule has 0 N–H and O–H groups in total. The number of alkyl halides is 1. The van der Waals surface area contributed by atoms with E-state index in [1.165, 1.54) is 18.4 Å². The molecule has 0 radical (unpaired) electrons. The molecule has 25 heavy (non-hydrogen) atoms. The maximum Gasteiger partial charge on any atom is 0.155 e. The highest BCUT2D eigenvalue weighted by molar-refractivity contribution is 6.23. The van der Waals surface area contributed by atoms with Crippen LogP contribution in [0.1, 0.15) is 66.2 Å². The molecule has 0 aromatic rings. The van der Waals surface area contributed by atoms with Crippen molar-refractivity contribution in [1.82, 2.24) is 0 Å². The van der Waals surface area contributed by atoms with Gasteiger partial charge in [0.05, 0.1) is 5.38 Å². The fourth-order valence-corrected chi connectivity index (χ4v) is 8.31. The van der Waals surface area contributed by atoms with Crippen LogP contribution in [0.25, 0.3) is 0 Å². The zero-order chi connectivity index (χ0) is 18.1. The molecule has 0 heterocycles. The second kappa shape index (κ2) is 5.68. The lowest BCUT2D eigenvalue weighted by Crippen LogP contribution is -2.53. The Morgan fingerprint density at radius 3 is 2.60 bits per heavy atom. The van der Waals surface area contributed by atoms with Crippen molar-refractivity contribution in [2.75, 3.05) is 0 Å². The van der Waals surface area contributed by atoms with Crippen LogP contribution in [-0.4, -0.2) is 16.9 Å². The summed E-state index contributed by atoms with van der Waals surface area (Å²) in [6.45, 7) is 8.81. The van der Waals surface area contributed by atoms with Gasteiger partial charge in [0.25, 0.3) is 0 Å². The summed E-state index contributed by atoms with van der Waals surface area (Å²) < 4.78 is 0. The molecule has 0 aromatic heterocycles. The highest BCUT2D eigenvalue weighted by atomic mass is 35.5. The highest BCUT2D eigenvalue weighted by Gasteiger charge is 2.62. The Kier molecular flexibility index (Phi) is 4.04. The van der Waals surface area contributed by atoms with Crippen molar-refractivity contribution in [3.63, 3.8) is 0 Å². The van der Waals surface area contributed by atoms with Gasteiger partial charge in [0, 0.05) is 12.3 Å². The van der Waals surface area contributed by atoms with Gasteiger partial charge in [-0.25, -0.2) is 0 Å². The predicted octanol–water partition coefficient (Wildman–Crippen LogP) is 5.19. The molecule has 3 heteroatoms. The van der Waals surface area contributed by atoms with Crippen LogP contribution in [0.5, 0.6) is 0 Å². The average Bonchev–Trinajstić information content (AvgIpc) is 2.80. The Morgan fingerprint density at radius 1 is 1.20 bits per heavy atom. The maximum atomic E-state index is 12.4. The molecule has 8 atom stereocenters. The topological polar surface area (TPSA) is 34.1 Å². The van der Waals surface area contributed by atoms with Crippen molar-refractivity contribution in [1.29, 1.82) is 0 Å². The molecule has 4 aliphatic rings. The van der Waals surface area contributed by atoms with Gasteiger partial charge in [0.15, 0.2) is 5.78 Å². The Bertz CT molecular complexity index is 652. The summed E-state index contributed by atoms with van der Waals surface area (Å²) >= 11 is 6.85. The molecule has 3 saturated carbocycles. The SMILES string of the molecule is CC(=O)[C@H]1C(C)C[C@H]2[C@@H]3CC(Cl)C4=CC(=O)CC[C@]4(C)[C@H]3CC[C@]12C. The summed E-state index contributed by atoms with van der Waals surface area (Å²) in [5, 5.41) is -0.00969. The van der Waals surface area contributed by atoms with Gasteiger partial charge in [-0.15, -0.1) is 11.6 Å². The summed E-state index contributed by atoms with van der Waals surface area (Å²) in [7, 11) is 0. The van der Waals surface area contributed by atoms with Crippen LogP contribution >= 0.6 is 11.6 Å². The number of rotatable bonds is 1. The molecule has 0 bridgehead atoms. The van der Waals surface area contributed by atoms with E-state index in [0.29, 0.717) is 35.9 Å². The van der Waals surface area contributed by atoms with E-state index in [-0.39, 0.29) is 27.9 Å². The molecule has 0 spiro atoms. The lowest BCUT2D eigenvalue weighted by atomic mass is 9.46. The molecule has 0 aliphatic heterocycles. The van der Waals surface area contributed by atoms with Gasteiger partial charge in [-0.05, 0) is 85.2 Å². The summed E-state index contributed by atoms with van der Waals surface area (Å²) in [5.41, 5.74) is 1.44. The summed E-state index contributed by atoms with van der Waals surface area (Å²) in [4.78, 5) is 24.4. The van der Waals surface area contributed by atoms with Crippen LogP contribution in [-0.2, 0) is 9.59 Å². The monoisotopic (exact) mass is 362 g/mol. The summed E-state index contributed by atoms with van der Waals surface area (Å²) in [5.74, 6) is 3.16. The normalized spacial score (nSPS) is 52.0. The second-order valence-electron chi connectivity index (χ2n) is 9.91. The van der Waals surface area contributed by atoms with Gasteiger partial charge < -0.3 is 0 Å². The molecule has 4 aliphatic carbocycles. The lowest BCUT2D eigenvalue weighted by Gasteiger charge is -2.59. The quantitative estimate of drug-likeness (QED) is 0.602. The minimum atomic E-state index is -0.00969. The molecule has 2 nitrogen and oxygen atoms in total. The molecule has 4 rings (SSSR count). The van der Waals surface area contributed by atoms with Crippen LogP contribution < -0.4 is 0 Å². The van der Waals surface area contributed by atoms with Crippen molar-refractivity contribution in [3.8, 4) is 0 Å². The number of Topliss-reactive ketones (excluding diaryl/α,β-unsaturated/α-hetero) is 1. The fraction of sp³-hybridized carbons (Fsp3) is 0.818. The van der Waals surface area contributed by atoms with E-state index in [0.717, 1.165) is 19.3 Å². The van der Waals surface area contributed by atoms with E-state index >= 15 is 0 Å². The van der Waals surface area contributed by atoms with Crippen LogP contribution in [0.15, 0.2) is 11.6 Å². The third kappa shape index (κ3) is 2.35. The van der Waals surface area contributed by atoms with Gasteiger partial charge in [-0.1, -0.05) is 20.8 Å². The predicted molar refractivity (Wildman–Crippen MR) is 100 cm³/mol. The molecule has 138 valence electrons. The number of carbonyl (C=O) groups is 2. The van der Waals surface area contributed by atoms with Crippen molar-refractivity contribution in [2.45, 2.75) is 71.6 Å². The Labute approximate surface area is 156 Å². The smallest absolute Gasteiger partial charge is 0.155 e. The molecule has 0 saturated heterocycles. The van der Waals surface area contributed by atoms with Crippen molar-refractivity contribution in [3.05, 3.63) is 11.6 Å². The van der Waals surface area contributed by atoms with Gasteiger partial charge in [0.1, 0.15) is 5.78 Å². The first kappa shape index (κ1) is 17.8. The van der Waals surface area contributed by atoms with E-state index in [9.17, 15) is 9.59 Å². The zero-order valence-electron chi connectivity index (χ0n) is 16.0. The number of hydrogen-bond donors (Lipinski definition) is 0. The van der Waals surface area contributed by atoms with E-state index in [1.54, 1.807) is 6.92 Å². The van der Waals surface area contributed by atoms with Crippen LogP contribution in [0.2, 0.25) is 0 Å². The van der Waals surface area contributed by atoms with E-state index in [2.05, 4.69) is 20.8 Å². The van der Waals surface area contributed by atoms with Crippen molar-refractivity contribution in [2.24, 2.45) is 40.4 Å². The van der Waals surface area contributed by atoms with Gasteiger partial charge in [-0.3, -0.25) is 9.59 Å². The van der Waals surface area contributed by atoms with Gasteiger partial charge >= 0.3 is 0 Å². The number of fused-ring (bicyclic) bond motifs is 5. The Hall–Kier alpha value is -0.630. The zero-order valence-corrected chi connectivity index (χ0v) is 16.7. The first-order valence-corrected chi connectivity index (χ1v) is 10.5. The largest absolute Gasteiger partial charge is 0.300 e. The summed E-state index contributed by atoms with van der Waals surface area (Å²) in [6, 6.07) is 0. The molecule has 0 aromatic carbocycles. The molecular weight excluding hydrogens is 332 g/mol. The molecule has 2 unspecified atom stereocenters. The van der Waals surface area contributed by atoms with Crippen molar-refractivity contribution >= 4 is 23.2 Å². The third-order valence-electron chi connectivity index (χ3n) is 8.72. The third-order valence-corrected chi connectivity index (χ3v) is 9.13. The van der Waals surface area contributed by atoms with E-state index in [4.69, 9.17) is 11.6 Å². The number of hydrogen-bond acceptors (Lipinski definition) is 2. The number of allylic oxidation sites excluding steroid dienone is 1. The molecular formula is C22H31ClO2. The standard InChI is InChI=1S/C22H31ClO2/c1-12-9-17-15-11-19(23)18-10-14(25)5-7-21(18,3)16(15)6-8-22(17,4)20(12)13(2)24/h10,12,15-17,19-20H,5-9,11H2,1-4H3/t12?,15-,16+,17+,19?,20-,21-,22+/m1/s1. The molecule has 0 amide bonds. The van der Waals surface area contributed by atoms with Crippen molar-refractivity contribution < 1.29 is 9.59 Å². The number of halogens is 1. The number of carbonyl (C=O) groups excluding carboxylic acids is 2. The lowest BCUT2D eigenvalue weighted by molar-refractivity contribution is -0.129. The average molecular weight is 363 g/mol. The Morgan fingerprint density at radius 2 is 1.92 bits per heavy atom. The first-order chi connectivity index (χ1) is 11.7. The minimum absolute atomic E-state index is 0.00969. The van der Waals surface area contributed by atoms with Gasteiger partial charge in [-0.2, -0.15) is 0 Å². The first-order valence-electron chi connectivity index (χ1n) is 10.1. The van der Waals surface area contributed by atoms with Crippen LogP contribution in [0.4, 0.5) is 0 Å². The number of ketones is 2. The minimum Gasteiger partial charge on any atom is -0.300 e. The van der Waals surface area contributed by atoms with Crippen LogP contribution in [0.3, 0.4) is 0 Å². The fourth-order valence-electron chi connectivity index (χ4n) is 7.79. The maximum absolute atomic E-state index is 12.4. The van der Waals surface area contributed by atoms with E-state index in [1.807, 2.05) is 6.08 Å². The highest BCUT2D eigenvalue weighted by Crippen LogP contribution is 2.68. The Balaban J connectivity index is 1.73. The molecule has 3 fully saturated rings.